The molecule has 0 saturated carbocycles. The Hall–Kier alpha value is 0.0700. The first-order valence-electron chi connectivity index (χ1n) is 3.76. The largest absolute Gasteiger partial charge is 0.772 e. The second kappa shape index (κ2) is 5.69. The summed E-state index contributed by atoms with van der Waals surface area (Å²) < 4.78 is 20.7. The van der Waals surface area contributed by atoms with Gasteiger partial charge in [0, 0.05) is 12.3 Å². The standard InChI is InChI=1S/C7H17NO2S/c1-4-7(5-8(2)3)6-11(9)10/h7H,4-6H2,1-3H3,(H,9,10)/p-1. The molecule has 0 aromatic carbocycles. The third kappa shape index (κ3) is 6.47. The molecule has 0 heterocycles. The summed E-state index contributed by atoms with van der Waals surface area (Å²) in [6, 6.07) is 0. The Morgan fingerprint density at radius 3 is 2.36 bits per heavy atom. The van der Waals surface area contributed by atoms with Crippen LogP contribution in [0.2, 0.25) is 0 Å². The fourth-order valence-corrected chi connectivity index (χ4v) is 1.73. The molecule has 2 unspecified atom stereocenters. The number of rotatable bonds is 5. The van der Waals surface area contributed by atoms with Crippen LogP contribution in [-0.4, -0.2) is 40.1 Å². The molecule has 0 saturated heterocycles. The minimum Gasteiger partial charge on any atom is -0.772 e. The first kappa shape index (κ1) is 11.1. The summed E-state index contributed by atoms with van der Waals surface area (Å²) in [5.74, 6) is 0.567. The third-order valence-electron chi connectivity index (χ3n) is 1.57. The monoisotopic (exact) mass is 178 g/mol. The highest BCUT2D eigenvalue weighted by Gasteiger charge is 2.06. The van der Waals surface area contributed by atoms with Crippen molar-refractivity contribution in [3.8, 4) is 0 Å². The van der Waals surface area contributed by atoms with E-state index in [2.05, 4.69) is 0 Å². The van der Waals surface area contributed by atoms with Crippen LogP contribution in [0.25, 0.3) is 0 Å². The van der Waals surface area contributed by atoms with Crippen molar-refractivity contribution >= 4 is 11.1 Å². The normalized spacial score (nSPS) is 16.8. The molecule has 0 fully saturated rings. The molecule has 0 aliphatic carbocycles. The lowest BCUT2D eigenvalue weighted by Crippen LogP contribution is -2.25. The molecule has 3 nitrogen and oxygen atoms in total. The van der Waals surface area contributed by atoms with Crippen LogP contribution in [0, 0.1) is 5.92 Å². The predicted molar refractivity (Wildman–Crippen MR) is 46.1 cm³/mol. The van der Waals surface area contributed by atoms with Gasteiger partial charge in [-0.25, -0.2) is 0 Å². The topological polar surface area (TPSA) is 43.4 Å². The number of nitrogens with zero attached hydrogens (tertiary/aromatic N) is 1. The van der Waals surface area contributed by atoms with Gasteiger partial charge in [0.15, 0.2) is 0 Å². The molecule has 68 valence electrons. The van der Waals surface area contributed by atoms with Crippen LogP contribution in [0.4, 0.5) is 0 Å². The number of hydrogen-bond donors (Lipinski definition) is 0. The maximum atomic E-state index is 10.3. The van der Waals surface area contributed by atoms with Gasteiger partial charge in [0.05, 0.1) is 0 Å². The molecular formula is C7H16NO2S-. The minimum atomic E-state index is -1.89. The molecule has 0 N–H and O–H groups in total. The van der Waals surface area contributed by atoms with Crippen molar-refractivity contribution in [1.82, 2.24) is 4.90 Å². The lowest BCUT2D eigenvalue weighted by Gasteiger charge is -2.20. The average Bonchev–Trinajstić information content (AvgIpc) is 1.84. The van der Waals surface area contributed by atoms with Gasteiger partial charge in [-0.2, -0.15) is 0 Å². The van der Waals surface area contributed by atoms with Crippen molar-refractivity contribution in [2.45, 2.75) is 13.3 Å². The summed E-state index contributed by atoms with van der Waals surface area (Å²) >= 11 is -1.89. The predicted octanol–water partition coefficient (Wildman–Crippen LogP) is 0.453. The maximum absolute atomic E-state index is 10.3. The van der Waals surface area contributed by atoms with Gasteiger partial charge >= 0.3 is 0 Å². The van der Waals surface area contributed by atoms with E-state index in [0.29, 0.717) is 0 Å². The summed E-state index contributed by atoms with van der Waals surface area (Å²) in [6.45, 7) is 2.87. The van der Waals surface area contributed by atoms with Gasteiger partial charge in [-0.3, -0.25) is 4.21 Å². The van der Waals surface area contributed by atoms with Gasteiger partial charge in [0.25, 0.3) is 0 Å². The zero-order valence-electron chi connectivity index (χ0n) is 7.37. The molecule has 0 bridgehead atoms. The van der Waals surface area contributed by atoms with Gasteiger partial charge < -0.3 is 9.45 Å². The molecule has 0 aromatic rings. The van der Waals surface area contributed by atoms with Gasteiger partial charge in [-0.15, -0.1) is 0 Å². The molecule has 11 heavy (non-hydrogen) atoms. The highest BCUT2D eigenvalue weighted by molar-refractivity contribution is 7.79. The summed E-state index contributed by atoms with van der Waals surface area (Å²) in [5, 5.41) is 0. The first-order chi connectivity index (χ1) is 5.06. The van der Waals surface area contributed by atoms with Crippen LogP contribution in [0.15, 0.2) is 0 Å². The smallest absolute Gasteiger partial charge is 0.0142 e. The molecule has 0 radical (unpaired) electrons. The Bertz CT molecular complexity index is 128. The lowest BCUT2D eigenvalue weighted by atomic mass is 10.1. The van der Waals surface area contributed by atoms with Crippen molar-refractivity contribution in [1.29, 1.82) is 0 Å². The van der Waals surface area contributed by atoms with Gasteiger partial charge in [-0.1, -0.05) is 24.4 Å². The molecular weight excluding hydrogens is 162 g/mol. The van der Waals surface area contributed by atoms with E-state index in [1.54, 1.807) is 0 Å². The zero-order valence-corrected chi connectivity index (χ0v) is 8.19. The highest BCUT2D eigenvalue weighted by atomic mass is 32.2. The van der Waals surface area contributed by atoms with Crippen molar-refractivity contribution < 1.29 is 8.76 Å². The maximum Gasteiger partial charge on any atom is 0.0142 e. The van der Waals surface area contributed by atoms with Crippen LogP contribution in [0.5, 0.6) is 0 Å². The van der Waals surface area contributed by atoms with Crippen molar-refractivity contribution in [3.63, 3.8) is 0 Å². The van der Waals surface area contributed by atoms with Gasteiger partial charge in [0.1, 0.15) is 0 Å². The Morgan fingerprint density at radius 2 is 2.09 bits per heavy atom. The van der Waals surface area contributed by atoms with E-state index in [0.717, 1.165) is 13.0 Å². The average molecular weight is 178 g/mol. The quantitative estimate of drug-likeness (QED) is 0.574. The zero-order chi connectivity index (χ0) is 8.85. The Labute approximate surface area is 71.1 Å². The van der Waals surface area contributed by atoms with Crippen LogP contribution in [-0.2, 0) is 11.1 Å². The fraction of sp³-hybridized carbons (Fsp3) is 1.00. The molecule has 0 rings (SSSR count). The molecule has 0 amide bonds. The Kier molecular flexibility index (Phi) is 5.72. The first-order valence-corrected chi connectivity index (χ1v) is 5.01. The van der Waals surface area contributed by atoms with E-state index in [1.807, 2.05) is 25.9 Å². The van der Waals surface area contributed by atoms with Crippen molar-refractivity contribution in [2.24, 2.45) is 5.92 Å². The lowest BCUT2D eigenvalue weighted by molar-refractivity contribution is 0.333. The minimum absolute atomic E-state index is 0.281. The second-order valence-electron chi connectivity index (χ2n) is 3.01. The van der Waals surface area contributed by atoms with E-state index in [9.17, 15) is 8.76 Å². The van der Waals surface area contributed by atoms with Gasteiger partial charge in [-0.05, 0) is 20.0 Å². The molecule has 2 atom stereocenters. The molecule has 4 heteroatoms. The van der Waals surface area contributed by atoms with Crippen molar-refractivity contribution in [3.05, 3.63) is 0 Å². The summed E-state index contributed by atoms with van der Waals surface area (Å²) in [7, 11) is 3.91. The molecule has 0 aliphatic heterocycles. The van der Waals surface area contributed by atoms with E-state index >= 15 is 0 Å². The van der Waals surface area contributed by atoms with Crippen LogP contribution in [0.1, 0.15) is 13.3 Å². The molecule has 0 aliphatic rings. The summed E-state index contributed by atoms with van der Waals surface area (Å²) in [4.78, 5) is 2.01. The van der Waals surface area contributed by atoms with E-state index in [4.69, 9.17) is 0 Å². The Morgan fingerprint density at radius 1 is 1.55 bits per heavy atom. The third-order valence-corrected chi connectivity index (χ3v) is 2.32. The fourth-order valence-electron chi connectivity index (χ4n) is 1.01. The van der Waals surface area contributed by atoms with Crippen LogP contribution < -0.4 is 0 Å². The highest BCUT2D eigenvalue weighted by Crippen LogP contribution is 2.04. The van der Waals surface area contributed by atoms with Crippen molar-refractivity contribution in [2.75, 3.05) is 26.4 Å². The van der Waals surface area contributed by atoms with E-state index in [-0.39, 0.29) is 11.7 Å². The molecule has 0 spiro atoms. The van der Waals surface area contributed by atoms with Crippen LogP contribution in [0.3, 0.4) is 0 Å². The van der Waals surface area contributed by atoms with E-state index in [1.165, 1.54) is 0 Å². The van der Waals surface area contributed by atoms with Crippen LogP contribution >= 0.6 is 0 Å². The summed E-state index contributed by atoms with van der Waals surface area (Å²) in [5.41, 5.74) is 0. The SMILES string of the molecule is CCC(CN(C)C)CS(=O)[O-]. The molecule has 0 aromatic heterocycles. The van der Waals surface area contributed by atoms with E-state index < -0.39 is 11.1 Å². The Balaban J connectivity index is 3.66. The van der Waals surface area contributed by atoms with Gasteiger partial charge in [0.2, 0.25) is 0 Å². The summed E-state index contributed by atoms with van der Waals surface area (Å²) in [6.07, 6.45) is 0.923. The number of hydrogen-bond acceptors (Lipinski definition) is 3. The second-order valence-corrected chi connectivity index (χ2v) is 3.95.